The average Bonchev–Trinajstić information content (AvgIpc) is 2.29. The van der Waals surface area contributed by atoms with Gasteiger partial charge in [0.2, 0.25) is 0 Å². The molecule has 0 radical (unpaired) electrons. The van der Waals surface area contributed by atoms with E-state index in [0.29, 0.717) is 0 Å². The van der Waals surface area contributed by atoms with Crippen LogP contribution < -0.4 is 0 Å². The van der Waals surface area contributed by atoms with E-state index in [9.17, 15) is 0 Å². The zero-order valence-electron chi connectivity index (χ0n) is 9.15. The third kappa shape index (κ3) is 2.83. The standard InChI is InChI=1S/C15H13Br/c1-12-11-15(16)10-9-14(12)8-7-13-5-3-2-4-6-13/h2-11H,1H3. The van der Waals surface area contributed by atoms with Gasteiger partial charge in [-0.3, -0.25) is 0 Å². The molecular formula is C15H13Br. The van der Waals surface area contributed by atoms with Gasteiger partial charge in [0.05, 0.1) is 0 Å². The van der Waals surface area contributed by atoms with Crippen LogP contribution in [0, 0.1) is 6.92 Å². The fourth-order valence-corrected chi connectivity index (χ4v) is 2.05. The van der Waals surface area contributed by atoms with Crippen LogP contribution in [0.1, 0.15) is 16.7 Å². The van der Waals surface area contributed by atoms with Crippen LogP contribution in [0.5, 0.6) is 0 Å². The number of hydrogen-bond donors (Lipinski definition) is 0. The third-order valence-electron chi connectivity index (χ3n) is 2.49. The largest absolute Gasteiger partial charge is 0.0622 e. The highest BCUT2D eigenvalue weighted by Crippen LogP contribution is 2.18. The summed E-state index contributed by atoms with van der Waals surface area (Å²) < 4.78 is 1.13. The zero-order chi connectivity index (χ0) is 11.4. The smallest absolute Gasteiger partial charge is 0.0178 e. The van der Waals surface area contributed by atoms with E-state index in [1.807, 2.05) is 18.2 Å². The van der Waals surface area contributed by atoms with Crippen LogP contribution in [0.2, 0.25) is 0 Å². The molecule has 16 heavy (non-hydrogen) atoms. The van der Waals surface area contributed by atoms with Gasteiger partial charge in [-0.15, -0.1) is 0 Å². The summed E-state index contributed by atoms with van der Waals surface area (Å²) in [4.78, 5) is 0. The lowest BCUT2D eigenvalue weighted by Gasteiger charge is -2.00. The van der Waals surface area contributed by atoms with Gasteiger partial charge in [0.1, 0.15) is 0 Å². The summed E-state index contributed by atoms with van der Waals surface area (Å²) in [5, 5.41) is 0. The second-order valence-electron chi connectivity index (χ2n) is 3.74. The lowest BCUT2D eigenvalue weighted by atomic mass is 10.1. The van der Waals surface area contributed by atoms with Crippen molar-refractivity contribution < 1.29 is 0 Å². The molecule has 0 aromatic heterocycles. The normalized spacial score (nSPS) is 10.9. The van der Waals surface area contributed by atoms with E-state index in [1.54, 1.807) is 0 Å². The average molecular weight is 273 g/mol. The fraction of sp³-hybridized carbons (Fsp3) is 0.0667. The van der Waals surface area contributed by atoms with Gasteiger partial charge in [-0.25, -0.2) is 0 Å². The molecular weight excluding hydrogens is 260 g/mol. The van der Waals surface area contributed by atoms with Crippen molar-refractivity contribution in [2.45, 2.75) is 6.92 Å². The van der Waals surface area contributed by atoms with Gasteiger partial charge in [-0.2, -0.15) is 0 Å². The Balaban J connectivity index is 2.24. The molecule has 0 amide bonds. The van der Waals surface area contributed by atoms with Gasteiger partial charge in [0, 0.05) is 4.47 Å². The van der Waals surface area contributed by atoms with Crippen molar-refractivity contribution in [2.75, 3.05) is 0 Å². The highest BCUT2D eigenvalue weighted by molar-refractivity contribution is 9.10. The molecule has 0 spiro atoms. The Hall–Kier alpha value is -1.34. The second kappa shape index (κ2) is 5.13. The van der Waals surface area contributed by atoms with Crippen LogP contribution in [-0.2, 0) is 0 Å². The Morgan fingerprint density at radius 2 is 1.69 bits per heavy atom. The van der Waals surface area contributed by atoms with E-state index in [0.717, 1.165) is 4.47 Å². The first-order chi connectivity index (χ1) is 7.75. The first kappa shape index (κ1) is 11.2. The van der Waals surface area contributed by atoms with E-state index in [2.05, 4.69) is 65.3 Å². The van der Waals surface area contributed by atoms with Crippen molar-refractivity contribution in [3.05, 3.63) is 69.7 Å². The molecule has 1 heteroatoms. The Morgan fingerprint density at radius 3 is 2.38 bits per heavy atom. The molecule has 0 saturated carbocycles. The maximum atomic E-state index is 3.47. The lowest BCUT2D eigenvalue weighted by Crippen LogP contribution is -1.79. The minimum atomic E-state index is 1.13. The summed E-state index contributed by atoms with van der Waals surface area (Å²) in [5.74, 6) is 0. The van der Waals surface area contributed by atoms with E-state index in [4.69, 9.17) is 0 Å². The quantitative estimate of drug-likeness (QED) is 0.681. The zero-order valence-corrected chi connectivity index (χ0v) is 10.7. The molecule has 0 atom stereocenters. The van der Waals surface area contributed by atoms with E-state index < -0.39 is 0 Å². The van der Waals surface area contributed by atoms with Crippen LogP contribution in [0.25, 0.3) is 12.2 Å². The van der Waals surface area contributed by atoms with Crippen LogP contribution in [0.3, 0.4) is 0 Å². The first-order valence-corrected chi connectivity index (χ1v) is 6.04. The van der Waals surface area contributed by atoms with Crippen molar-refractivity contribution in [1.82, 2.24) is 0 Å². The maximum Gasteiger partial charge on any atom is 0.0178 e. The Kier molecular flexibility index (Phi) is 3.58. The van der Waals surface area contributed by atoms with Gasteiger partial charge in [-0.05, 0) is 35.7 Å². The predicted octanol–water partition coefficient (Wildman–Crippen LogP) is 4.93. The molecule has 0 bridgehead atoms. The molecule has 0 aliphatic heterocycles. The molecule has 0 fully saturated rings. The summed E-state index contributed by atoms with van der Waals surface area (Å²) in [6.07, 6.45) is 4.29. The number of rotatable bonds is 2. The van der Waals surface area contributed by atoms with Gasteiger partial charge in [-0.1, -0.05) is 64.5 Å². The molecule has 2 rings (SSSR count). The topological polar surface area (TPSA) is 0 Å². The predicted molar refractivity (Wildman–Crippen MR) is 74.2 cm³/mol. The first-order valence-electron chi connectivity index (χ1n) is 5.25. The van der Waals surface area contributed by atoms with Gasteiger partial charge >= 0.3 is 0 Å². The van der Waals surface area contributed by atoms with E-state index in [1.165, 1.54) is 16.7 Å². The Labute approximate surface area is 105 Å². The highest BCUT2D eigenvalue weighted by atomic mass is 79.9. The second-order valence-corrected chi connectivity index (χ2v) is 4.66. The van der Waals surface area contributed by atoms with Gasteiger partial charge < -0.3 is 0 Å². The molecule has 0 saturated heterocycles. The summed E-state index contributed by atoms with van der Waals surface area (Å²) in [6, 6.07) is 16.7. The molecule has 2 aromatic carbocycles. The molecule has 0 heterocycles. The van der Waals surface area contributed by atoms with Crippen molar-refractivity contribution in [1.29, 1.82) is 0 Å². The summed E-state index contributed by atoms with van der Waals surface area (Å²) >= 11 is 3.47. The number of hydrogen-bond acceptors (Lipinski definition) is 0. The SMILES string of the molecule is Cc1cc(Br)ccc1C=Cc1ccccc1. The Morgan fingerprint density at radius 1 is 0.938 bits per heavy atom. The van der Waals surface area contributed by atoms with Crippen molar-refractivity contribution in [3.63, 3.8) is 0 Å². The molecule has 0 N–H and O–H groups in total. The van der Waals surface area contributed by atoms with Gasteiger partial charge in [0.25, 0.3) is 0 Å². The van der Waals surface area contributed by atoms with Crippen LogP contribution in [-0.4, -0.2) is 0 Å². The summed E-state index contributed by atoms with van der Waals surface area (Å²) in [7, 11) is 0. The number of halogens is 1. The fourth-order valence-electron chi connectivity index (χ4n) is 1.58. The summed E-state index contributed by atoms with van der Waals surface area (Å²) in [6.45, 7) is 2.12. The van der Waals surface area contributed by atoms with Crippen LogP contribution in [0.4, 0.5) is 0 Å². The molecule has 0 nitrogen and oxygen atoms in total. The minimum Gasteiger partial charge on any atom is -0.0622 e. The van der Waals surface area contributed by atoms with Crippen LogP contribution in [0.15, 0.2) is 53.0 Å². The van der Waals surface area contributed by atoms with Crippen molar-refractivity contribution in [2.24, 2.45) is 0 Å². The van der Waals surface area contributed by atoms with Crippen molar-refractivity contribution >= 4 is 28.1 Å². The Bertz CT molecular complexity index is 498. The molecule has 80 valence electrons. The molecule has 0 aliphatic carbocycles. The van der Waals surface area contributed by atoms with Crippen LogP contribution >= 0.6 is 15.9 Å². The maximum absolute atomic E-state index is 3.47. The van der Waals surface area contributed by atoms with E-state index >= 15 is 0 Å². The molecule has 0 aliphatic rings. The number of aryl methyl sites for hydroxylation is 1. The highest BCUT2D eigenvalue weighted by Gasteiger charge is 1.94. The molecule has 0 unspecified atom stereocenters. The van der Waals surface area contributed by atoms with E-state index in [-0.39, 0.29) is 0 Å². The third-order valence-corrected chi connectivity index (χ3v) is 2.98. The lowest BCUT2D eigenvalue weighted by molar-refractivity contribution is 1.43. The molecule has 2 aromatic rings. The monoisotopic (exact) mass is 272 g/mol. The van der Waals surface area contributed by atoms with Gasteiger partial charge in [0.15, 0.2) is 0 Å². The minimum absolute atomic E-state index is 1.13. The summed E-state index contributed by atoms with van der Waals surface area (Å²) in [5.41, 5.74) is 3.76. The van der Waals surface area contributed by atoms with Crippen molar-refractivity contribution in [3.8, 4) is 0 Å². The number of benzene rings is 2.